The summed E-state index contributed by atoms with van der Waals surface area (Å²) in [7, 11) is 1.50. The minimum atomic E-state index is -1.08. The van der Waals surface area contributed by atoms with Crippen LogP contribution in [0.5, 0.6) is 11.8 Å². The number of fused-ring (bicyclic) bond motifs is 2. The third kappa shape index (κ3) is 8.02. The van der Waals surface area contributed by atoms with Gasteiger partial charge in [0.2, 0.25) is 11.8 Å². The molecule has 5 aromatic rings. The standard InChI is InChI=1S/C42H42ClN5O7/c1-23-30(5-3-6-31(23)36-16-26-13-24(14-27(18-44)39(26)46-36)21-48-12-11-25(22-48)42(52)53)32-7-4-8-34-33(32)9-10-37(34)55-41-35(43)15-28(40(47-41)54-2)19-45-20-29(49)17-38(50)51/h3-8,13-16,25,29,37,45-46,49H,9-12,17,19-22H2,1-2H3,(H,50,51)(H,52,53)/t25-,29+,37-/m0/s1. The number of aliphatic hydroxyl groups is 1. The molecule has 55 heavy (non-hydrogen) atoms. The van der Waals surface area contributed by atoms with Gasteiger partial charge in [0.05, 0.1) is 36.6 Å². The highest BCUT2D eigenvalue weighted by atomic mass is 35.5. The van der Waals surface area contributed by atoms with Crippen LogP contribution < -0.4 is 14.8 Å². The van der Waals surface area contributed by atoms with Gasteiger partial charge in [-0.3, -0.25) is 14.5 Å². The molecule has 3 aromatic carbocycles. The van der Waals surface area contributed by atoms with Crippen LogP contribution in [0, 0.1) is 24.2 Å². The molecule has 1 saturated heterocycles. The first-order chi connectivity index (χ1) is 26.5. The molecule has 1 aliphatic heterocycles. The number of rotatable bonds is 14. The van der Waals surface area contributed by atoms with Gasteiger partial charge in [-0.1, -0.05) is 48.0 Å². The van der Waals surface area contributed by atoms with Crippen LogP contribution in [0.2, 0.25) is 5.02 Å². The van der Waals surface area contributed by atoms with E-state index in [2.05, 4.69) is 69.6 Å². The van der Waals surface area contributed by atoms with Gasteiger partial charge >= 0.3 is 11.9 Å². The quantitative estimate of drug-likeness (QED) is 0.0819. The Labute approximate surface area is 323 Å². The predicted molar refractivity (Wildman–Crippen MR) is 207 cm³/mol. The van der Waals surface area contributed by atoms with Gasteiger partial charge in [0.1, 0.15) is 17.2 Å². The summed E-state index contributed by atoms with van der Waals surface area (Å²) in [5.74, 6) is -1.63. The maximum absolute atomic E-state index is 11.5. The Morgan fingerprint density at radius 3 is 2.62 bits per heavy atom. The lowest BCUT2D eigenvalue weighted by Crippen LogP contribution is -2.28. The minimum absolute atomic E-state index is 0.0810. The highest BCUT2D eigenvalue weighted by Crippen LogP contribution is 2.43. The number of aromatic amines is 1. The molecule has 12 nitrogen and oxygen atoms in total. The van der Waals surface area contributed by atoms with Crippen LogP contribution in [0.3, 0.4) is 0 Å². The Morgan fingerprint density at radius 2 is 1.87 bits per heavy atom. The van der Waals surface area contributed by atoms with Gasteiger partial charge in [-0.15, -0.1) is 0 Å². The Morgan fingerprint density at radius 1 is 1.09 bits per heavy atom. The molecule has 284 valence electrons. The number of carbonyl (C=O) groups is 2. The fraction of sp³-hybridized carbons (Fsp3) is 0.333. The van der Waals surface area contributed by atoms with Crippen molar-refractivity contribution >= 4 is 34.4 Å². The summed E-state index contributed by atoms with van der Waals surface area (Å²) < 4.78 is 12.0. The fourth-order valence-corrected chi connectivity index (χ4v) is 8.16. The lowest BCUT2D eigenvalue weighted by Gasteiger charge is -2.18. The van der Waals surface area contributed by atoms with Crippen LogP contribution in [0.15, 0.2) is 60.7 Å². The minimum Gasteiger partial charge on any atom is -0.481 e. The van der Waals surface area contributed by atoms with Crippen LogP contribution in [0.25, 0.3) is 33.3 Å². The van der Waals surface area contributed by atoms with Crippen LogP contribution in [0.4, 0.5) is 0 Å². The van der Waals surface area contributed by atoms with E-state index in [0.29, 0.717) is 48.1 Å². The van der Waals surface area contributed by atoms with E-state index in [1.807, 2.05) is 18.2 Å². The first kappa shape index (κ1) is 37.8. The molecule has 13 heteroatoms. The number of aromatic nitrogens is 2. The van der Waals surface area contributed by atoms with Crippen molar-refractivity contribution in [2.75, 3.05) is 26.7 Å². The second-order valence-electron chi connectivity index (χ2n) is 14.3. The van der Waals surface area contributed by atoms with Gasteiger partial charge in [-0.25, -0.2) is 0 Å². The first-order valence-electron chi connectivity index (χ1n) is 18.3. The second kappa shape index (κ2) is 16.1. The molecule has 2 aliphatic rings. The second-order valence-corrected chi connectivity index (χ2v) is 14.7. The van der Waals surface area contributed by atoms with E-state index in [1.165, 1.54) is 12.7 Å². The number of benzene rings is 3. The molecular weight excluding hydrogens is 722 g/mol. The fourth-order valence-electron chi connectivity index (χ4n) is 7.94. The number of methoxy groups -OCH3 is 1. The average Bonchev–Trinajstić information content (AvgIpc) is 3.91. The third-order valence-electron chi connectivity index (χ3n) is 10.6. The smallest absolute Gasteiger partial charge is 0.307 e. The molecule has 0 bridgehead atoms. The van der Waals surface area contributed by atoms with Crippen molar-refractivity contribution in [2.45, 2.75) is 57.9 Å². The summed E-state index contributed by atoms with van der Waals surface area (Å²) in [5, 5.41) is 42.5. The Bertz CT molecular complexity index is 2320. The zero-order valence-corrected chi connectivity index (χ0v) is 31.3. The number of carboxylic acid groups (broad SMARTS) is 2. The lowest BCUT2D eigenvalue weighted by molar-refractivity contribution is -0.141. The Hall–Kier alpha value is -5.45. The molecular formula is C42H42ClN5O7. The summed E-state index contributed by atoms with van der Waals surface area (Å²) in [6.07, 6.45) is 0.474. The number of carboxylic acids is 2. The zero-order valence-electron chi connectivity index (χ0n) is 30.6. The van der Waals surface area contributed by atoms with E-state index in [-0.39, 0.29) is 37.4 Å². The molecule has 0 unspecified atom stereocenters. The van der Waals surface area contributed by atoms with E-state index in [4.69, 9.17) is 26.2 Å². The van der Waals surface area contributed by atoms with Crippen LogP contribution in [-0.2, 0) is 29.1 Å². The highest BCUT2D eigenvalue weighted by Gasteiger charge is 2.30. The number of aliphatic carboxylic acids is 2. The van der Waals surface area contributed by atoms with Crippen molar-refractivity contribution in [3.8, 4) is 40.2 Å². The molecule has 2 aromatic heterocycles. The van der Waals surface area contributed by atoms with Crippen molar-refractivity contribution in [1.29, 1.82) is 5.26 Å². The number of halogens is 1. The van der Waals surface area contributed by atoms with Gasteiger partial charge in [0, 0.05) is 48.4 Å². The van der Waals surface area contributed by atoms with Crippen LogP contribution in [-0.4, -0.2) is 75.0 Å². The predicted octanol–water partition coefficient (Wildman–Crippen LogP) is 6.64. The van der Waals surface area contributed by atoms with Crippen molar-refractivity contribution < 1.29 is 34.4 Å². The molecule has 0 radical (unpaired) electrons. The number of nitrogens with zero attached hydrogens (tertiary/aromatic N) is 3. The number of likely N-dealkylation sites (tertiary alicyclic amines) is 1. The topological polar surface area (TPSA) is 181 Å². The van der Waals surface area contributed by atoms with Crippen LogP contribution in [0.1, 0.15) is 58.7 Å². The molecule has 1 aliphatic carbocycles. The first-order valence-corrected chi connectivity index (χ1v) is 18.6. The van der Waals surface area contributed by atoms with E-state index in [0.717, 1.165) is 62.8 Å². The molecule has 1 fully saturated rings. The van der Waals surface area contributed by atoms with Gasteiger partial charge < -0.3 is 35.1 Å². The lowest BCUT2D eigenvalue weighted by atomic mass is 9.91. The summed E-state index contributed by atoms with van der Waals surface area (Å²) in [6, 6.07) is 22.6. The summed E-state index contributed by atoms with van der Waals surface area (Å²) in [5.41, 5.74) is 10.5. The molecule has 3 heterocycles. The van der Waals surface area contributed by atoms with E-state index < -0.39 is 18.0 Å². The van der Waals surface area contributed by atoms with Crippen LogP contribution >= 0.6 is 11.6 Å². The third-order valence-corrected chi connectivity index (χ3v) is 10.9. The number of hydrogen-bond acceptors (Lipinski definition) is 9. The number of nitrogens with one attached hydrogen (secondary N) is 2. The molecule has 0 saturated carbocycles. The number of nitriles is 1. The Balaban J connectivity index is 1.11. The van der Waals surface area contributed by atoms with Crippen molar-refractivity contribution in [3.05, 3.63) is 99.1 Å². The number of pyridine rings is 1. The largest absolute Gasteiger partial charge is 0.481 e. The molecule has 0 spiro atoms. The van der Waals surface area contributed by atoms with Gasteiger partial charge in [0.25, 0.3) is 0 Å². The zero-order chi connectivity index (χ0) is 38.8. The molecule has 5 N–H and O–H groups in total. The maximum atomic E-state index is 11.5. The monoisotopic (exact) mass is 763 g/mol. The van der Waals surface area contributed by atoms with Crippen molar-refractivity contribution in [1.82, 2.24) is 20.2 Å². The average molecular weight is 764 g/mol. The normalized spacial score (nSPS) is 17.2. The SMILES string of the molecule is COc1nc(O[C@H]2CCc3c(-c4cccc(-c5cc6cc(CN7CC[C@H](C(=O)O)C7)cc(C#N)c6[nH]5)c4C)cccc32)c(Cl)cc1CNC[C@H](O)CC(=O)O. The van der Waals surface area contributed by atoms with Gasteiger partial charge in [-0.05, 0) is 90.4 Å². The molecule has 7 rings (SSSR count). The van der Waals surface area contributed by atoms with E-state index in [9.17, 15) is 25.1 Å². The number of hydrogen-bond donors (Lipinski definition) is 5. The number of H-pyrrole nitrogens is 1. The molecule has 3 atom stereocenters. The summed E-state index contributed by atoms with van der Waals surface area (Å²) >= 11 is 6.67. The summed E-state index contributed by atoms with van der Waals surface area (Å²) in [4.78, 5) is 32.6. The van der Waals surface area contributed by atoms with E-state index >= 15 is 0 Å². The Kier molecular flexibility index (Phi) is 11.1. The van der Waals surface area contributed by atoms with Crippen molar-refractivity contribution in [3.63, 3.8) is 0 Å². The summed E-state index contributed by atoms with van der Waals surface area (Å²) in [6.45, 7) is 4.27. The number of ether oxygens (including phenoxy) is 2. The van der Waals surface area contributed by atoms with Gasteiger partial charge in [-0.2, -0.15) is 10.2 Å². The van der Waals surface area contributed by atoms with Gasteiger partial charge in [0.15, 0.2) is 0 Å². The van der Waals surface area contributed by atoms with Crippen molar-refractivity contribution in [2.24, 2.45) is 5.92 Å². The highest BCUT2D eigenvalue weighted by molar-refractivity contribution is 6.31. The maximum Gasteiger partial charge on any atom is 0.307 e. The number of aliphatic hydroxyl groups excluding tert-OH is 1. The molecule has 0 amide bonds. The van der Waals surface area contributed by atoms with E-state index in [1.54, 1.807) is 6.07 Å².